The Bertz CT molecular complexity index is 1260. The molecule has 0 aliphatic carbocycles. The Labute approximate surface area is 172 Å². The van der Waals surface area contributed by atoms with Crippen molar-refractivity contribution in [3.8, 4) is 0 Å². The average molecular weight is 461 g/mol. The molecule has 4 rings (SSSR count). The molecule has 3 heterocycles. The van der Waals surface area contributed by atoms with Crippen LogP contribution in [0.1, 0.15) is 12.0 Å². The zero-order chi connectivity index (χ0) is 22.7. The third kappa shape index (κ3) is 3.61. The molecule has 10 nitrogen and oxygen atoms in total. The highest BCUT2D eigenvalue weighted by molar-refractivity contribution is 7.84. The summed E-state index contributed by atoms with van der Waals surface area (Å²) >= 11 is 0. The molecule has 1 aromatic heterocycles. The van der Waals surface area contributed by atoms with Crippen molar-refractivity contribution in [1.29, 1.82) is 0 Å². The molecule has 14 heteroatoms. The van der Waals surface area contributed by atoms with Crippen molar-refractivity contribution in [2.24, 2.45) is 0 Å². The Kier molecular flexibility index (Phi) is 4.73. The number of halogens is 3. The molecule has 2 fully saturated rings. The SMILES string of the molecule is O=C(CNc1ccc2c(C(F)(F)F)cc(=O)oc2c1)N1CC[C@@H]2[C@H]1C(=O)N2S(=O)(=O)O. The largest absolute Gasteiger partial charge is 0.423 e. The highest BCUT2D eigenvalue weighted by atomic mass is 32.2. The molecule has 2 N–H and O–H groups in total. The van der Waals surface area contributed by atoms with Gasteiger partial charge in [0, 0.05) is 29.8 Å². The number of fused-ring (bicyclic) bond motifs is 2. The fraction of sp³-hybridized carbons (Fsp3) is 0.353. The number of alkyl halides is 3. The van der Waals surface area contributed by atoms with E-state index < -0.39 is 51.6 Å². The molecule has 0 bridgehead atoms. The van der Waals surface area contributed by atoms with E-state index in [2.05, 4.69) is 5.32 Å². The number of amides is 2. The molecule has 0 unspecified atom stereocenters. The fourth-order valence-corrected chi connectivity index (χ4v) is 4.78. The van der Waals surface area contributed by atoms with Gasteiger partial charge in [-0.25, -0.2) is 9.10 Å². The Morgan fingerprint density at radius 3 is 2.61 bits per heavy atom. The number of likely N-dealkylation sites (tertiary alicyclic amines) is 1. The fourth-order valence-electron chi connectivity index (χ4n) is 3.88. The van der Waals surface area contributed by atoms with Crippen LogP contribution in [0.4, 0.5) is 18.9 Å². The molecule has 0 radical (unpaired) electrons. The molecule has 1 aromatic carbocycles. The van der Waals surface area contributed by atoms with Crippen LogP contribution in [0.25, 0.3) is 11.0 Å². The number of hydrogen-bond donors (Lipinski definition) is 2. The lowest BCUT2D eigenvalue weighted by atomic mass is 10.0. The van der Waals surface area contributed by atoms with E-state index in [9.17, 15) is 36.0 Å². The Morgan fingerprint density at radius 1 is 1.26 bits per heavy atom. The Hall–Kier alpha value is -3.13. The second-order valence-electron chi connectivity index (χ2n) is 7.04. The van der Waals surface area contributed by atoms with Crippen molar-refractivity contribution in [2.75, 3.05) is 18.4 Å². The molecule has 2 saturated heterocycles. The molecule has 166 valence electrons. The van der Waals surface area contributed by atoms with E-state index >= 15 is 0 Å². The molecule has 0 spiro atoms. The minimum Gasteiger partial charge on any atom is -0.423 e. The lowest BCUT2D eigenvalue weighted by Crippen LogP contribution is -2.68. The maximum absolute atomic E-state index is 13.1. The third-order valence-corrected chi connectivity index (χ3v) is 6.15. The van der Waals surface area contributed by atoms with Crippen molar-refractivity contribution in [1.82, 2.24) is 9.21 Å². The van der Waals surface area contributed by atoms with Gasteiger partial charge in [0.25, 0.3) is 5.91 Å². The molecular formula is C17H14F3N3O7S. The minimum absolute atomic E-state index is 0.0924. The summed E-state index contributed by atoms with van der Waals surface area (Å²) in [5.41, 5.74) is -2.45. The quantitative estimate of drug-likeness (QED) is 0.388. The smallest absolute Gasteiger partial charge is 0.417 e. The molecule has 2 aromatic rings. The van der Waals surface area contributed by atoms with Crippen LogP contribution in [-0.2, 0) is 26.1 Å². The van der Waals surface area contributed by atoms with Crippen molar-refractivity contribution in [2.45, 2.75) is 24.7 Å². The van der Waals surface area contributed by atoms with Gasteiger partial charge in [0.05, 0.1) is 18.2 Å². The highest BCUT2D eigenvalue weighted by Gasteiger charge is 2.59. The van der Waals surface area contributed by atoms with Crippen LogP contribution in [0.5, 0.6) is 0 Å². The van der Waals surface area contributed by atoms with Crippen molar-refractivity contribution in [3.05, 3.63) is 40.2 Å². The maximum atomic E-state index is 13.1. The molecule has 2 aliphatic rings. The summed E-state index contributed by atoms with van der Waals surface area (Å²) in [6, 6.07) is 2.03. The highest BCUT2D eigenvalue weighted by Crippen LogP contribution is 2.36. The summed E-state index contributed by atoms with van der Waals surface area (Å²) in [5, 5.41) is 2.36. The number of anilines is 1. The summed E-state index contributed by atoms with van der Waals surface area (Å²) < 4.78 is 76.0. The van der Waals surface area contributed by atoms with Gasteiger partial charge < -0.3 is 14.6 Å². The number of β-lactam (4-membered cyclic amide) rings is 1. The van der Waals surface area contributed by atoms with Crippen LogP contribution in [-0.4, -0.2) is 59.2 Å². The van der Waals surface area contributed by atoms with Gasteiger partial charge in [0.1, 0.15) is 11.6 Å². The number of hydrogen-bond acceptors (Lipinski definition) is 7. The van der Waals surface area contributed by atoms with Crippen molar-refractivity contribution >= 4 is 38.8 Å². The zero-order valence-corrected chi connectivity index (χ0v) is 16.2. The average Bonchev–Trinajstić information content (AvgIpc) is 3.01. The summed E-state index contributed by atoms with van der Waals surface area (Å²) in [5.74, 6) is -1.47. The summed E-state index contributed by atoms with van der Waals surface area (Å²) in [6.45, 7) is -0.258. The van der Waals surface area contributed by atoms with Gasteiger partial charge in [-0.2, -0.15) is 21.6 Å². The topological polar surface area (TPSA) is 137 Å². The minimum atomic E-state index is -4.75. The van der Waals surface area contributed by atoms with E-state index in [0.717, 1.165) is 12.1 Å². The van der Waals surface area contributed by atoms with Gasteiger partial charge in [-0.05, 0) is 18.6 Å². The van der Waals surface area contributed by atoms with Gasteiger partial charge in [-0.3, -0.25) is 14.1 Å². The monoisotopic (exact) mass is 461 g/mol. The van der Waals surface area contributed by atoms with Gasteiger partial charge in [-0.15, -0.1) is 0 Å². The van der Waals surface area contributed by atoms with E-state index in [1.165, 1.54) is 11.0 Å². The van der Waals surface area contributed by atoms with Crippen LogP contribution >= 0.6 is 0 Å². The lowest BCUT2D eigenvalue weighted by molar-refractivity contribution is -0.151. The van der Waals surface area contributed by atoms with Gasteiger partial charge in [-0.1, -0.05) is 0 Å². The molecule has 2 aliphatic heterocycles. The van der Waals surface area contributed by atoms with E-state index in [0.29, 0.717) is 10.4 Å². The van der Waals surface area contributed by atoms with Crippen molar-refractivity contribution < 1.29 is 40.1 Å². The molecule has 2 amide bonds. The predicted molar refractivity (Wildman–Crippen MR) is 98.3 cm³/mol. The summed E-state index contributed by atoms with van der Waals surface area (Å²) in [7, 11) is -4.70. The second kappa shape index (κ2) is 6.95. The van der Waals surface area contributed by atoms with Crippen LogP contribution in [0.3, 0.4) is 0 Å². The van der Waals surface area contributed by atoms with Gasteiger partial charge in [0.2, 0.25) is 5.91 Å². The normalized spacial score (nSPS) is 21.2. The maximum Gasteiger partial charge on any atom is 0.417 e. The van der Waals surface area contributed by atoms with E-state index in [-0.39, 0.29) is 36.2 Å². The number of carbonyl (C=O) groups excluding carboxylic acids is 2. The van der Waals surface area contributed by atoms with Gasteiger partial charge >= 0.3 is 22.1 Å². The molecular weight excluding hydrogens is 447 g/mol. The van der Waals surface area contributed by atoms with Crippen LogP contribution in [0.2, 0.25) is 0 Å². The Morgan fingerprint density at radius 2 is 1.97 bits per heavy atom. The first-order valence-electron chi connectivity index (χ1n) is 8.87. The van der Waals surface area contributed by atoms with Crippen LogP contribution in [0, 0.1) is 0 Å². The Balaban J connectivity index is 1.48. The van der Waals surface area contributed by atoms with Gasteiger partial charge in [0.15, 0.2) is 0 Å². The first-order valence-corrected chi connectivity index (χ1v) is 10.3. The third-order valence-electron chi connectivity index (χ3n) is 5.20. The zero-order valence-electron chi connectivity index (χ0n) is 15.4. The second-order valence-corrected chi connectivity index (χ2v) is 8.33. The number of nitrogens with zero attached hydrogens (tertiary/aromatic N) is 2. The first kappa shape index (κ1) is 21.1. The van der Waals surface area contributed by atoms with Crippen LogP contribution < -0.4 is 10.9 Å². The standard InChI is InChI=1S/C17H14F3N3O7S/c18-17(19,20)10-6-14(25)30-12-5-8(1-2-9(10)12)21-7-13(24)22-4-3-11-15(22)16(26)23(11)31(27,28)29/h1-2,5-6,11,15,21H,3-4,7H2,(H,27,28,29)/t11-,15+/m1/s1. The van der Waals surface area contributed by atoms with Crippen LogP contribution in [0.15, 0.2) is 33.5 Å². The number of carbonyl (C=O) groups is 2. The first-order chi connectivity index (χ1) is 14.4. The van der Waals surface area contributed by atoms with E-state index in [1.54, 1.807) is 0 Å². The molecule has 0 saturated carbocycles. The van der Waals surface area contributed by atoms with E-state index in [1.807, 2.05) is 0 Å². The van der Waals surface area contributed by atoms with Crippen molar-refractivity contribution in [3.63, 3.8) is 0 Å². The molecule has 31 heavy (non-hydrogen) atoms. The lowest BCUT2D eigenvalue weighted by Gasteiger charge is -2.42. The number of nitrogens with one attached hydrogen (secondary N) is 1. The number of rotatable bonds is 4. The van der Waals surface area contributed by atoms with E-state index in [4.69, 9.17) is 8.97 Å². The predicted octanol–water partition coefficient (Wildman–Crippen LogP) is 0.838. The summed E-state index contributed by atoms with van der Waals surface area (Å²) in [6.07, 6.45) is -4.58. The molecule has 2 atom stereocenters. The summed E-state index contributed by atoms with van der Waals surface area (Å²) in [4.78, 5) is 37.1. The number of benzene rings is 1.